The topological polar surface area (TPSA) is 71.8 Å². The second-order valence-electron chi connectivity index (χ2n) is 7.10. The number of nitrogens with one attached hydrogen (secondary N) is 1. The monoisotopic (exact) mass is 399 g/mol. The molecule has 7 nitrogen and oxygen atoms in total. The molecule has 0 bridgehead atoms. The molecule has 28 heavy (non-hydrogen) atoms. The first-order chi connectivity index (χ1) is 13.7. The van der Waals surface area contributed by atoms with Crippen LogP contribution in [-0.2, 0) is 9.53 Å². The quantitative estimate of drug-likeness (QED) is 0.684. The predicted molar refractivity (Wildman–Crippen MR) is 112 cm³/mol. The number of carbonyl (C=O) groups excluding carboxylic acids is 1. The predicted octanol–water partition coefficient (Wildman–Crippen LogP) is 3.73. The van der Waals surface area contributed by atoms with Gasteiger partial charge in [-0.25, -0.2) is 4.98 Å². The molecule has 0 unspecified atom stereocenters. The molecule has 1 aliphatic rings. The molecule has 0 aliphatic carbocycles. The normalized spacial score (nSPS) is 14.6. The van der Waals surface area contributed by atoms with Gasteiger partial charge in [0.25, 0.3) is 0 Å². The summed E-state index contributed by atoms with van der Waals surface area (Å²) >= 11 is 1.57. The SMILES string of the molecule is COCCC(=O)Nc1c(-c2cccc(C)c2)nc2sc(N3CCCCC3)nn12. The Hall–Kier alpha value is -2.45. The number of aryl methyl sites for hydroxylation is 1. The van der Waals surface area contributed by atoms with Crippen LogP contribution >= 0.6 is 11.3 Å². The molecule has 1 fully saturated rings. The van der Waals surface area contributed by atoms with Gasteiger partial charge in [0.15, 0.2) is 5.82 Å². The van der Waals surface area contributed by atoms with Crippen molar-refractivity contribution in [3.8, 4) is 11.3 Å². The molecule has 148 valence electrons. The van der Waals surface area contributed by atoms with Crippen molar-refractivity contribution in [1.29, 1.82) is 0 Å². The van der Waals surface area contributed by atoms with Gasteiger partial charge in [-0.3, -0.25) is 4.79 Å². The zero-order valence-corrected chi connectivity index (χ0v) is 17.1. The van der Waals surface area contributed by atoms with Crippen LogP contribution in [0, 0.1) is 6.92 Å². The molecule has 1 aromatic carbocycles. The van der Waals surface area contributed by atoms with E-state index in [4.69, 9.17) is 14.8 Å². The summed E-state index contributed by atoms with van der Waals surface area (Å²) in [7, 11) is 1.59. The minimum atomic E-state index is -0.106. The van der Waals surface area contributed by atoms with Gasteiger partial charge in [0.1, 0.15) is 5.69 Å². The molecule has 0 spiro atoms. The molecule has 1 amide bonds. The van der Waals surface area contributed by atoms with Crippen molar-refractivity contribution in [2.75, 3.05) is 37.0 Å². The Morgan fingerprint density at radius 2 is 2.11 bits per heavy atom. The number of ether oxygens (including phenoxy) is 1. The minimum Gasteiger partial charge on any atom is -0.384 e. The van der Waals surface area contributed by atoms with Crippen molar-refractivity contribution >= 4 is 33.2 Å². The summed E-state index contributed by atoms with van der Waals surface area (Å²) < 4.78 is 6.80. The number of imidazole rings is 1. The molecule has 0 atom stereocenters. The number of rotatable bonds is 6. The highest BCUT2D eigenvalue weighted by molar-refractivity contribution is 7.20. The number of amides is 1. The molecule has 0 saturated carbocycles. The van der Waals surface area contributed by atoms with Gasteiger partial charge in [0.05, 0.1) is 13.0 Å². The molecule has 0 radical (unpaired) electrons. The van der Waals surface area contributed by atoms with E-state index in [2.05, 4.69) is 16.3 Å². The first kappa shape index (κ1) is 18.9. The number of hydrogen-bond acceptors (Lipinski definition) is 6. The third-order valence-electron chi connectivity index (χ3n) is 4.90. The molecular formula is C20H25N5O2S. The maximum absolute atomic E-state index is 12.4. The van der Waals surface area contributed by atoms with Crippen molar-refractivity contribution in [2.45, 2.75) is 32.6 Å². The number of fused-ring (bicyclic) bond motifs is 1. The summed E-state index contributed by atoms with van der Waals surface area (Å²) in [5, 5.41) is 8.76. The highest BCUT2D eigenvalue weighted by atomic mass is 32.1. The molecule has 1 N–H and O–H groups in total. The van der Waals surface area contributed by atoms with Gasteiger partial charge >= 0.3 is 0 Å². The van der Waals surface area contributed by atoms with Crippen LogP contribution in [0.15, 0.2) is 24.3 Å². The van der Waals surface area contributed by atoms with Gasteiger partial charge in [-0.1, -0.05) is 35.1 Å². The Morgan fingerprint density at radius 3 is 2.86 bits per heavy atom. The molecule has 3 heterocycles. The fraction of sp³-hybridized carbons (Fsp3) is 0.450. The van der Waals surface area contributed by atoms with Crippen molar-refractivity contribution in [1.82, 2.24) is 14.6 Å². The van der Waals surface area contributed by atoms with Gasteiger partial charge in [0, 0.05) is 25.8 Å². The Bertz CT molecular complexity index is 974. The number of piperidine rings is 1. The second-order valence-corrected chi connectivity index (χ2v) is 8.03. The van der Waals surface area contributed by atoms with Crippen LogP contribution < -0.4 is 10.2 Å². The van der Waals surface area contributed by atoms with E-state index in [-0.39, 0.29) is 5.91 Å². The summed E-state index contributed by atoms with van der Waals surface area (Å²) in [6, 6.07) is 8.13. The second kappa shape index (κ2) is 8.28. The van der Waals surface area contributed by atoms with E-state index in [0.717, 1.165) is 40.0 Å². The summed E-state index contributed by atoms with van der Waals surface area (Å²) in [5.41, 5.74) is 2.87. The Morgan fingerprint density at radius 1 is 1.29 bits per heavy atom. The van der Waals surface area contributed by atoms with Crippen molar-refractivity contribution in [3.63, 3.8) is 0 Å². The highest BCUT2D eigenvalue weighted by Crippen LogP contribution is 2.34. The largest absolute Gasteiger partial charge is 0.384 e. The van der Waals surface area contributed by atoms with Crippen LogP contribution in [0.1, 0.15) is 31.2 Å². The van der Waals surface area contributed by atoms with Crippen LogP contribution in [-0.4, -0.2) is 47.3 Å². The van der Waals surface area contributed by atoms with Crippen LogP contribution in [0.2, 0.25) is 0 Å². The summed E-state index contributed by atoms with van der Waals surface area (Å²) in [5.74, 6) is 0.520. The molecule has 4 rings (SSSR count). The Kier molecular flexibility index (Phi) is 5.59. The lowest BCUT2D eigenvalue weighted by atomic mass is 10.1. The number of hydrogen-bond donors (Lipinski definition) is 1. The molecule has 3 aromatic rings. The maximum Gasteiger partial charge on any atom is 0.227 e. The first-order valence-electron chi connectivity index (χ1n) is 9.66. The standard InChI is InChI=1S/C20H25N5O2S/c1-14-7-6-8-15(13-14)17-18(21-16(26)9-12-27-2)25-19(22-17)28-20(23-25)24-10-4-3-5-11-24/h6-8,13H,3-5,9-12H2,1-2H3,(H,21,26). The van der Waals surface area contributed by atoms with Crippen LogP contribution in [0.25, 0.3) is 16.2 Å². The Labute approximate surface area is 168 Å². The van der Waals surface area contributed by atoms with E-state index < -0.39 is 0 Å². The lowest BCUT2D eigenvalue weighted by Gasteiger charge is -2.25. The fourth-order valence-corrected chi connectivity index (χ4v) is 4.40. The van der Waals surface area contributed by atoms with Gasteiger partial charge in [-0.2, -0.15) is 4.52 Å². The summed E-state index contributed by atoms with van der Waals surface area (Å²) in [6.45, 7) is 4.48. The van der Waals surface area contributed by atoms with Crippen LogP contribution in [0.3, 0.4) is 0 Å². The average molecular weight is 400 g/mol. The molecule has 2 aromatic heterocycles. The average Bonchev–Trinajstić information content (AvgIpc) is 3.26. The van der Waals surface area contributed by atoms with Crippen molar-refractivity contribution in [2.24, 2.45) is 0 Å². The number of methoxy groups -OCH3 is 1. The number of benzene rings is 1. The molecular weight excluding hydrogens is 374 g/mol. The lowest BCUT2D eigenvalue weighted by molar-refractivity contribution is -0.117. The first-order valence-corrected chi connectivity index (χ1v) is 10.5. The number of nitrogens with zero attached hydrogens (tertiary/aromatic N) is 4. The van der Waals surface area contributed by atoms with Crippen molar-refractivity contribution in [3.05, 3.63) is 29.8 Å². The van der Waals surface area contributed by atoms with E-state index in [1.54, 1.807) is 23.0 Å². The van der Waals surface area contributed by atoms with E-state index in [1.807, 2.05) is 25.1 Å². The van der Waals surface area contributed by atoms with E-state index in [1.165, 1.54) is 19.3 Å². The smallest absolute Gasteiger partial charge is 0.227 e. The molecule has 1 saturated heterocycles. The van der Waals surface area contributed by atoms with Crippen LogP contribution in [0.4, 0.5) is 10.9 Å². The maximum atomic E-state index is 12.4. The number of aromatic nitrogens is 3. The van der Waals surface area contributed by atoms with Gasteiger partial charge in [0.2, 0.25) is 16.0 Å². The van der Waals surface area contributed by atoms with E-state index >= 15 is 0 Å². The van der Waals surface area contributed by atoms with Crippen molar-refractivity contribution < 1.29 is 9.53 Å². The minimum absolute atomic E-state index is 0.106. The van der Waals surface area contributed by atoms with Gasteiger partial charge < -0.3 is 15.0 Å². The Balaban J connectivity index is 1.73. The third-order valence-corrected chi connectivity index (χ3v) is 5.87. The fourth-order valence-electron chi connectivity index (χ4n) is 3.45. The van der Waals surface area contributed by atoms with Crippen LogP contribution in [0.5, 0.6) is 0 Å². The number of anilines is 2. The summed E-state index contributed by atoms with van der Waals surface area (Å²) in [6.07, 6.45) is 3.95. The van der Waals surface area contributed by atoms with E-state index in [9.17, 15) is 4.79 Å². The lowest BCUT2D eigenvalue weighted by Crippen LogP contribution is -2.29. The van der Waals surface area contributed by atoms with E-state index in [0.29, 0.717) is 18.8 Å². The zero-order valence-electron chi connectivity index (χ0n) is 16.3. The highest BCUT2D eigenvalue weighted by Gasteiger charge is 2.22. The zero-order chi connectivity index (χ0) is 19.5. The molecule has 1 aliphatic heterocycles. The third kappa shape index (κ3) is 3.88. The van der Waals surface area contributed by atoms with Gasteiger partial charge in [-0.15, -0.1) is 5.10 Å². The summed E-state index contributed by atoms with van der Waals surface area (Å²) in [4.78, 5) is 20.3. The van der Waals surface area contributed by atoms with Gasteiger partial charge in [-0.05, 0) is 32.3 Å². The molecule has 8 heteroatoms. The number of carbonyl (C=O) groups is 1.